The Morgan fingerprint density at radius 2 is 1.93 bits per heavy atom. The molecule has 0 radical (unpaired) electrons. The van der Waals surface area contributed by atoms with Crippen LogP contribution in [0.15, 0.2) is 36.4 Å². The van der Waals surface area contributed by atoms with Gasteiger partial charge in [0.2, 0.25) is 5.91 Å². The summed E-state index contributed by atoms with van der Waals surface area (Å²) in [6.45, 7) is 3.90. The molecular weight excluding hydrogens is 342 g/mol. The lowest BCUT2D eigenvalue weighted by atomic mass is 9.89. The third-order valence-electron chi connectivity index (χ3n) is 5.75. The Bertz CT molecular complexity index is 878. The molecule has 2 aromatic carbocycles. The predicted molar refractivity (Wildman–Crippen MR) is 104 cm³/mol. The predicted octanol–water partition coefficient (Wildman–Crippen LogP) is 4.30. The molecule has 1 saturated heterocycles. The van der Waals surface area contributed by atoms with E-state index in [0.717, 1.165) is 42.1 Å². The molecule has 5 nitrogen and oxygen atoms in total. The summed E-state index contributed by atoms with van der Waals surface area (Å²) in [6.07, 6.45) is 3.90. The Morgan fingerprint density at radius 3 is 2.70 bits per heavy atom. The van der Waals surface area contributed by atoms with Gasteiger partial charge in [0.25, 0.3) is 0 Å². The topological polar surface area (TPSA) is 67.9 Å². The number of ether oxygens (including phenoxy) is 2. The van der Waals surface area contributed by atoms with Gasteiger partial charge in [0.05, 0.1) is 18.1 Å². The van der Waals surface area contributed by atoms with Crippen molar-refractivity contribution in [2.75, 3.05) is 5.32 Å². The third kappa shape index (κ3) is 3.69. The molecule has 2 fully saturated rings. The lowest BCUT2D eigenvalue weighted by Crippen LogP contribution is -2.26. The van der Waals surface area contributed by atoms with Crippen LogP contribution in [0.4, 0.5) is 5.69 Å². The minimum absolute atomic E-state index is 0.00593. The first-order valence-corrected chi connectivity index (χ1v) is 9.76. The van der Waals surface area contributed by atoms with Crippen molar-refractivity contribution >= 4 is 28.3 Å². The highest BCUT2D eigenvalue weighted by molar-refractivity contribution is 6.04. The first kappa shape index (κ1) is 18.0. The summed E-state index contributed by atoms with van der Waals surface area (Å²) in [5.41, 5.74) is 0.739. The molecule has 4 unspecified atom stereocenters. The zero-order chi connectivity index (χ0) is 19.0. The largest absolute Gasteiger partial charge is 0.426 e. The molecule has 1 heterocycles. The van der Waals surface area contributed by atoms with Gasteiger partial charge in [0.1, 0.15) is 5.75 Å². The normalized spacial score (nSPS) is 24.7. The summed E-state index contributed by atoms with van der Waals surface area (Å²) in [5.74, 6) is 0.188. The highest BCUT2D eigenvalue weighted by Gasteiger charge is 2.46. The maximum Gasteiger partial charge on any atom is 0.314 e. The second-order valence-electron chi connectivity index (χ2n) is 7.60. The summed E-state index contributed by atoms with van der Waals surface area (Å²) >= 11 is 0. The average Bonchev–Trinajstić information content (AvgIpc) is 3.46. The number of amides is 1. The highest BCUT2D eigenvalue weighted by Crippen LogP contribution is 2.40. The van der Waals surface area contributed by atoms with E-state index in [1.807, 2.05) is 44.2 Å². The van der Waals surface area contributed by atoms with Crippen LogP contribution in [0, 0.1) is 11.8 Å². The monoisotopic (exact) mass is 367 g/mol. The van der Waals surface area contributed by atoms with Gasteiger partial charge in [0, 0.05) is 22.4 Å². The first-order chi connectivity index (χ1) is 13.1. The van der Waals surface area contributed by atoms with Gasteiger partial charge in [0.15, 0.2) is 0 Å². The van der Waals surface area contributed by atoms with Gasteiger partial charge in [-0.3, -0.25) is 9.59 Å². The summed E-state index contributed by atoms with van der Waals surface area (Å²) < 4.78 is 11.3. The Balaban J connectivity index is 1.55. The highest BCUT2D eigenvalue weighted by atomic mass is 16.6. The van der Waals surface area contributed by atoms with Crippen LogP contribution in [0.5, 0.6) is 5.75 Å². The fraction of sp³-hybridized carbons (Fsp3) is 0.455. The number of carbonyl (C=O) groups is 2. The lowest BCUT2D eigenvalue weighted by molar-refractivity contribution is -0.139. The quantitative estimate of drug-likeness (QED) is 0.486. The van der Waals surface area contributed by atoms with Crippen LogP contribution in [0.3, 0.4) is 0 Å². The van der Waals surface area contributed by atoms with E-state index in [0.29, 0.717) is 11.9 Å². The number of hydrogen-bond donors (Lipinski definition) is 1. The van der Waals surface area contributed by atoms with E-state index >= 15 is 0 Å². The van der Waals surface area contributed by atoms with Crippen LogP contribution >= 0.6 is 0 Å². The van der Waals surface area contributed by atoms with Crippen LogP contribution in [0.2, 0.25) is 0 Å². The Hall–Kier alpha value is -2.40. The number of epoxide rings is 1. The van der Waals surface area contributed by atoms with Gasteiger partial charge < -0.3 is 14.8 Å². The van der Waals surface area contributed by atoms with Crippen LogP contribution < -0.4 is 10.1 Å². The zero-order valence-corrected chi connectivity index (χ0v) is 15.7. The molecule has 1 aliphatic heterocycles. The van der Waals surface area contributed by atoms with E-state index in [4.69, 9.17) is 9.47 Å². The van der Waals surface area contributed by atoms with Gasteiger partial charge in [-0.25, -0.2) is 0 Å². The van der Waals surface area contributed by atoms with Crippen molar-refractivity contribution in [1.29, 1.82) is 0 Å². The minimum atomic E-state index is -0.189. The second kappa shape index (κ2) is 7.31. The van der Waals surface area contributed by atoms with Crippen molar-refractivity contribution in [2.45, 2.75) is 51.7 Å². The van der Waals surface area contributed by atoms with Gasteiger partial charge in [-0.15, -0.1) is 0 Å². The second-order valence-corrected chi connectivity index (χ2v) is 7.60. The van der Waals surface area contributed by atoms with E-state index in [1.165, 1.54) is 0 Å². The van der Waals surface area contributed by atoms with E-state index in [9.17, 15) is 9.59 Å². The van der Waals surface area contributed by atoms with Gasteiger partial charge in [-0.1, -0.05) is 38.1 Å². The van der Waals surface area contributed by atoms with Crippen LogP contribution in [-0.4, -0.2) is 24.1 Å². The van der Waals surface area contributed by atoms with Crippen molar-refractivity contribution in [1.82, 2.24) is 0 Å². The fourth-order valence-corrected chi connectivity index (χ4v) is 3.73. The molecular formula is C22H25NO4. The molecule has 1 amide bonds. The van der Waals surface area contributed by atoms with Crippen molar-refractivity contribution in [3.8, 4) is 5.75 Å². The number of anilines is 1. The van der Waals surface area contributed by atoms with Crippen LogP contribution in [0.25, 0.3) is 10.8 Å². The first-order valence-electron chi connectivity index (χ1n) is 9.76. The molecule has 1 aliphatic carbocycles. The van der Waals surface area contributed by atoms with Crippen molar-refractivity contribution in [2.24, 2.45) is 11.8 Å². The molecule has 4 rings (SSSR count). The molecule has 4 atom stereocenters. The number of benzene rings is 2. The minimum Gasteiger partial charge on any atom is -0.426 e. The third-order valence-corrected chi connectivity index (χ3v) is 5.75. The fourth-order valence-electron chi connectivity index (χ4n) is 3.73. The average molecular weight is 367 g/mol. The number of hydrogen-bond acceptors (Lipinski definition) is 4. The summed E-state index contributed by atoms with van der Waals surface area (Å²) in [7, 11) is 0. The molecule has 1 saturated carbocycles. The van der Waals surface area contributed by atoms with E-state index in [-0.39, 0.29) is 29.8 Å². The van der Waals surface area contributed by atoms with Crippen LogP contribution in [-0.2, 0) is 14.3 Å². The molecule has 27 heavy (non-hydrogen) atoms. The summed E-state index contributed by atoms with van der Waals surface area (Å²) in [5, 5.41) is 4.69. The van der Waals surface area contributed by atoms with Gasteiger partial charge in [-0.2, -0.15) is 0 Å². The molecule has 0 spiro atoms. The summed E-state index contributed by atoms with van der Waals surface area (Å²) in [6, 6.07) is 11.2. The molecule has 5 heteroatoms. The van der Waals surface area contributed by atoms with Crippen molar-refractivity contribution in [3.63, 3.8) is 0 Å². The van der Waals surface area contributed by atoms with Gasteiger partial charge in [-0.05, 0) is 37.8 Å². The molecule has 0 aromatic heterocycles. The van der Waals surface area contributed by atoms with Gasteiger partial charge >= 0.3 is 5.97 Å². The number of nitrogens with one attached hydrogen (secondary N) is 1. The maximum atomic E-state index is 12.6. The molecule has 142 valence electrons. The summed E-state index contributed by atoms with van der Waals surface area (Å²) in [4.78, 5) is 24.9. The molecule has 2 aliphatic rings. The van der Waals surface area contributed by atoms with E-state index in [1.54, 1.807) is 6.07 Å². The Labute approximate surface area is 159 Å². The number of esters is 1. The number of fused-ring (bicyclic) bond motifs is 2. The van der Waals surface area contributed by atoms with Crippen molar-refractivity contribution in [3.05, 3.63) is 36.4 Å². The smallest absolute Gasteiger partial charge is 0.314 e. The Kier molecular flexibility index (Phi) is 4.87. The standard InChI is InChI=1S/C22H25NO4/c1-3-13(2)21(24)23-17-8-4-7-16-15(17)6-5-9-18(16)27-22(25)14-10-11-19-20(12-14)26-19/h4-9,13-14,19-20H,3,10-12H2,1-2H3,(H,23,24). The van der Waals surface area contributed by atoms with E-state index in [2.05, 4.69) is 5.32 Å². The molecule has 1 N–H and O–H groups in total. The molecule has 0 bridgehead atoms. The zero-order valence-electron chi connectivity index (χ0n) is 15.7. The number of rotatable bonds is 5. The van der Waals surface area contributed by atoms with Crippen LogP contribution in [0.1, 0.15) is 39.5 Å². The van der Waals surface area contributed by atoms with E-state index < -0.39 is 0 Å². The SMILES string of the molecule is CCC(C)C(=O)Nc1cccc2c(OC(=O)C3CCC4OC4C3)cccc12. The molecule has 2 aromatic rings. The van der Waals surface area contributed by atoms with Crippen molar-refractivity contribution < 1.29 is 19.1 Å². The number of carbonyl (C=O) groups excluding carboxylic acids is 2. The Morgan fingerprint density at radius 1 is 1.15 bits per heavy atom. The maximum absolute atomic E-state index is 12.6. The lowest BCUT2D eigenvalue weighted by Gasteiger charge is -2.18.